The van der Waals surface area contributed by atoms with Gasteiger partial charge < -0.3 is 4.90 Å². The van der Waals surface area contributed by atoms with Crippen LogP contribution in [0.3, 0.4) is 0 Å². The molecule has 2 aromatic rings. The number of carbonyl (C=O) groups is 1. The highest BCUT2D eigenvalue weighted by molar-refractivity contribution is 6.31. The van der Waals surface area contributed by atoms with Crippen molar-refractivity contribution < 1.29 is 4.79 Å². The molecule has 0 N–H and O–H groups in total. The highest BCUT2D eigenvalue weighted by atomic mass is 35.5. The Kier molecular flexibility index (Phi) is 4.25. The molecule has 0 unspecified atom stereocenters. The van der Waals surface area contributed by atoms with E-state index in [2.05, 4.69) is 5.10 Å². The molecule has 0 aliphatic carbocycles. The molecule has 0 bridgehead atoms. The lowest BCUT2D eigenvalue weighted by Crippen LogP contribution is -2.35. The minimum Gasteiger partial charge on any atom is -0.339 e. The minimum absolute atomic E-state index is 0.0834. The number of nitrogens with zero attached hydrogens (tertiary/aromatic N) is 3. The first-order valence-electron chi connectivity index (χ1n) is 7.29. The summed E-state index contributed by atoms with van der Waals surface area (Å²) in [4.78, 5) is 14.3. The molecule has 0 saturated carbocycles. The maximum atomic E-state index is 12.4. The molecule has 2 heterocycles. The lowest BCUT2D eigenvalue weighted by Gasteiger charge is -2.26. The Hall–Kier alpha value is -1.81. The van der Waals surface area contributed by atoms with Gasteiger partial charge in [-0.2, -0.15) is 5.10 Å². The summed E-state index contributed by atoms with van der Waals surface area (Å²) in [6, 6.07) is 7.68. The zero-order valence-electron chi connectivity index (χ0n) is 11.8. The quantitative estimate of drug-likeness (QED) is 0.873. The molecule has 4 nitrogen and oxygen atoms in total. The van der Waals surface area contributed by atoms with Crippen LogP contribution in [0.4, 0.5) is 0 Å². The Morgan fingerprint density at radius 3 is 2.71 bits per heavy atom. The molecule has 1 aromatic heterocycles. The van der Waals surface area contributed by atoms with Crippen LogP contribution in [0.2, 0.25) is 5.02 Å². The number of piperidine rings is 1. The van der Waals surface area contributed by atoms with Gasteiger partial charge in [0.1, 0.15) is 0 Å². The molecular weight excluding hydrogens is 286 g/mol. The van der Waals surface area contributed by atoms with Crippen LogP contribution in [-0.4, -0.2) is 33.7 Å². The maximum absolute atomic E-state index is 12.4. The van der Waals surface area contributed by atoms with E-state index in [-0.39, 0.29) is 5.91 Å². The normalized spacial score (nSPS) is 15.2. The number of hydrogen-bond acceptors (Lipinski definition) is 2. The van der Waals surface area contributed by atoms with E-state index in [4.69, 9.17) is 11.6 Å². The van der Waals surface area contributed by atoms with Crippen molar-refractivity contribution in [2.24, 2.45) is 0 Å². The number of halogens is 1. The van der Waals surface area contributed by atoms with Gasteiger partial charge >= 0.3 is 0 Å². The van der Waals surface area contributed by atoms with Crippen LogP contribution in [0, 0.1) is 0 Å². The monoisotopic (exact) mass is 303 g/mol. The third-order valence-corrected chi connectivity index (χ3v) is 4.18. The number of rotatable bonds is 3. The van der Waals surface area contributed by atoms with Crippen LogP contribution in [0.5, 0.6) is 0 Å². The summed E-state index contributed by atoms with van der Waals surface area (Å²) in [7, 11) is 0. The summed E-state index contributed by atoms with van der Waals surface area (Å²) in [6.45, 7) is 2.29. The zero-order chi connectivity index (χ0) is 14.7. The van der Waals surface area contributed by atoms with E-state index in [0.29, 0.717) is 12.1 Å². The van der Waals surface area contributed by atoms with Crippen LogP contribution in [0.15, 0.2) is 36.7 Å². The van der Waals surface area contributed by atoms with Gasteiger partial charge in [-0.25, -0.2) is 0 Å². The lowest BCUT2D eigenvalue weighted by molar-refractivity contribution is 0.0724. The number of hydrogen-bond donors (Lipinski definition) is 0. The van der Waals surface area contributed by atoms with Gasteiger partial charge in [-0.15, -0.1) is 0 Å². The highest BCUT2D eigenvalue weighted by Gasteiger charge is 2.19. The molecule has 1 aliphatic heterocycles. The molecule has 0 spiro atoms. The molecule has 1 aliphatic rings. The van der Waals surface area contributed by atoms with Gasteiger partial charge in [0.2, 0.25) is 0 Å². The van der Waals surface area contributed by atoms with Crippen LogP contribution in [0.25, 0.3) is 0 Å². The van der Waals surface area contributed by atoms with E-state index in [1.807, 2.05) is 29.2 Å². The first-order valence-corrected chi connectivity index (χ1v) is 7.67. The standard InChI is InChI=1S/C16H18ClN3O/c17-15-7-3-2-6-13(15)11-20-12-14(10-18-20)16(21)19-8-4-1-5-9-19/h2-3,6-7,10,12H,1,4-5,8-9,11H2. The second-order valence-corrected chi connectivity index (χ2v) is 5.78. The molecule has 0 atom stereocenters. The summed E-state index contributed by atoms with van der Waals surface area (Å²) in [6.07, 6.45) is 6.86. The second kappa shape index (κ2) is 6.31. The third-order valence-electron chi connectivity index (χ3n) is 3.81. The van der Waals surface area contributed by atoms with Crippen LogP contribution in [0.1, 0.15) is 35.2 Å². The first-order chi connectivity index (χ1) is 10.2. The number of carbonyl (C=O) groups excluding carboxylic acids is 1. The Bertz CT molecular complexity index is 632. The third kappa shape index (κ3) is 3.27. The number of aromatic nitrogens is 2. The van der Waals surface area contributed by atoms with Gasteiger partial charge in [-0.3, -0.25) is 9.48 Å². The number of benzene rings is 1. The molecule has 110 valence electrons. The predicted octanol–water partition coefficient (Wildman–Crippen LogP) is 3.21. The fourth-order valence-electron chi connectivity index (χ4n) is 2.64. The average molecular weight is 304 g/mol. The summed E-state index contributed by atoms with van der Waals surface area (Å²) in [5.74, 6) is 0.0834. The molecule has 1 saturated heterocycles. The smallest absolute Gasteiger partial charge is 0.257 e. The Morgan fingerprint density at radius 1 is 1.19 bits per heavy atom. The highest BCUT2D eigenvalue weighted by Crippen LogP contribution is 2.17. The van der Waals surface area contributed by atoms with Crippen molar-refractivity contribution in [1.82, 2.24) is 14.7 Å². The lowest BCUT2D eigenvalue weighted by atomic mass is 10.1. The summed E-state index contributed by atoms with van der Waals surface area (Å²) in [5, 5.41) is 5.00. The predicted molar refractivity (Wildman–Crippen MR) is 82.5 cm³/mol. The second-order valence-electron chi connectivity index (χ2n) is 5.37. The van der Waals surface area contributed by atoms with Gasteiger partial charge in [-0.05, 0) is 30.9 Å². The molecule has 1 fully saturated rings. The minimum atomic E-state index is 0.0834. The molecular formula is C16H18ClN3O. The van der Waals surface area contributed by atoms with Gasteiger partial charge in [0.15, 0.2) is 0 Å². The zero-order valence-corrected chi connectivity index (χ0v) is 12.6. The van der Waals surface area contributed by atoms with Gasteiger partial charge in [0, 0.05) is 24.3 Å². The molecule has 1 amide bonds. The molecule has 1 aromatic carbocycles. The molecule has 5 heteroatoms. The van der Waals surface area contributed by atoms with Crippen molar-refractivity contribution in [2.75, 3.05) is 13.1 Å². The Balaban J connectivity index is 1.71. The average Bonchev–Trinajstić information content (AvgIpc) is 2.98. The van der Waals surface area contributed by atoms with Crippen molar-refractivity contribution >= 4 is 17.5 Å². The van der Waals surface area contributed by atoms with Gasteiger partial charge in [0.05, 0.1) is 18.3 Å². The number of likely N-dealkylation sites (tertiary alicyclic amines) is 1. The fraction of sp³-hybridized carbons (Fsp3) is 0.375. The van der Waals surface area contributed by atoms with E-state index < -0.39 is 0 Å². The van der Waals surface area contributed by atoms with Crippen molar-refractivity contribution in [2.45, 2.75) is 25.8 Å². The fourth-order valence-corrected chi connectivity index (χ4v) is 2.84. The van der Waals surface area contributed by atoms with Gasteiger partial charge in [-0.1, -0.05) is 29.8 Å². The Labute approximate surface area is 129 Å². The summed E-state index contributed by atoms with van der Waals surface area (Å²) in [5.41, 5.74) is 1.66. The summed E-state index contributed by atoms with van der Waals surface area (Å²) >= 11 is 6.15. The van der Waals surface area contributed by atoms with E-state index >= 15 is 0 Å². The van der Waals surface area contributed by atoms with Crippen molar-refractivity contribution in [3.05, 3.63) is 52.8 Å². The molecule has 0 radical (unpaired) electrons. The van der Waals surface area contributed by atoms with Crippen LogP contribution < -0.4 is 0 Å². The van der Waals surface area contributed by atoms with Gasteiger partial charge in [0.25, 0.3) is 5.91 Å². The summed E-state index contributed by atoms with van der Waals surface area (Å²) < 4.78 is 1.76. The molecule has 3 rings (SSSR count). The van der Waals surface area contributed by atoms with Crippen LogP contribution in [-0.2, 0) is 6.54 Å². The van der Waals surface area contributed by atoms with Crippen molar-refractivity contribution in [1.29, 1.82) is 0 Å². The van der Waals surface area contributed by atoms with E-state index in [9.17, 15) is 4.79 Å². The Morgan fingerprint density at radius 2 is 1.95 bits per heavy atom. The van der Waals surface area contributed by atoms with E-state index in [0.717, 1.165) is 36.5 Å². The van der Waals surface area contributed by atoms with Crippen LogP contribution >= 0.6 is 11.6 Å². The van der Waals surface area contributed by atoms with E-state index in [1.54, 1.807) is 17.1 Å². The number of amides is 1. The SMILES string of the molecule is O=C(c1cnn(Cc2ccccc2Cl)c1)N1CCCCC1. The van der Waals surface area contributed by atoms with E-state index in [1.165, 1.54) is 6.42 Å². The molecule has 21 heavy (non-hydrogen) atoms. The van der Waals surface area contributed by atoms with Crippen molar-refractivity contribution in [3.63, 3.8) is 0 Å². The first kappa shape index (κ1) is 14.1. The maximum Gasteiger partial charge on any atom is 0.257 e. The topological polar surface area (TPSA) is 38.1 Å². The largest absolute Gasteiger partial charge is 0.339 e. The van der Waals surface area contributed by atoms with Crippen molar-refractivity contribution in [3.8, 4) is 0 Å².